The molecule has 21 heavy (non-hydrogen) atoms. The van der Waals surface area contributed by atoms with E-state index in [1.54, 1.807) is 0 Å². The van der Waals surface area contributed by atoms with Gasteiger partial charge >= 0.3 is 5.97 Å². The fraction of sp³-hybridized carbons (Fsp3) is 0.462. The van der Waals surface area contributed by atoms with Gasteiger partial charge in [0.1, 0.15) is 0 Å². The van der Waals surface area contributed by atoms with Gasteiger partial charge in [0.25, 0.3) is 0 Å². The smallest absolute Gasteiger partial charge is 0.335 e. The van der Waals surface area contributed by atoms with Gasteiger partial charge in [-0.1, -0.05) is 12.1 Å². The predicted octanol–water partition coefficient (Wildman–Crippen LogP) is 0.154. The number of aliphatic hydroxyl groups excluding tert-OH is 1. The molecule has 8 heteroatoms. The van der Waals surface area contributed by atoms with Gasteiger partial charge in [-0.2, -0.15) is 0 Å². The molecule has 1 aromatic rings. The van der Waals surface area contributed by atoms with E-state index in [1.807, 2.05) is 0 Å². The molecule has 0 saturated heterocycles. The largest absolute Gasteiger partial charge is 0.478 e. The maximum Gasteiger partial charge on any atom is 0.335 e. The minimum atomic E-state index is -3.59. The number of likely N-dealkylation sites (N-methyl/N-ethyl adjacent to an activating group) is 1. The topological polar surface area (TPSA) is 104 Å². The molecular weight excluding hydrogens is 298 g/mol. The van der Waals surface area contributed by atoms with E-state index in [9.17, 15) is 18.3 Å². The molecule has 1 aromatic carbocycles. The molecule has 1 unspecified atom stereocenters. The molecule has 0 fully saturated rings. The quantitative estimate of drug-likeness (QED) is 0.707. The van der Waals surface area contributed by atoms with E-state index in [-0.39, 0.29) is 24.5 Å². The number of hydrogen-bond donors (Lipinski definition) is 2. The summed E-state index contributed by atoms with van der Waals surface area (Å²) in [6, 6.07) is 5.63. The lowest BCUT2D eigenvalue weighted by Crippen LogP contribution is -2.36. The summed E-state index contributed by atoms with van der Waals surface area (Å²) >= 11 is 0. The fourth-order valence-electron chi connectivity index (χ4n) is 1.72. The Labute approximate surface area is 123 Å². The first kappa shape index (κ1) is 17.6. The second-order valence-electron chi connectivity index (χ2n) is 4.65. The average Bonchev–Trinajstić information content (AvgIpc) is 2.39. The molecule has 0 bridgehead atoms. The van der Waals surface area contributed by atoms with Gasteiger partial charge < -0.3 is 14.9 Å². The third-order valence-electron chi connectivity index (χ3n) is 2.85. The minimum absolute atomic E-state index is 0.0488. The molecule has 0 heterocycles. The number of aromatic carboxylic acids is 1. The number of aliphatic hydroxyl groups is 1. The van der Waals surface area contributed by atoms with Crippen LogP contribution in [0.5, 0.6) is 0 Å². The normalized spacial score (nSPS) is 13.3. The zero-order valence-electron chi connectivity index (χ0n) is 11.9. The van der Waals surface area contributed by atoms with Crippen LogP contribution in [0, 0.1) is 0 Å². The number of carbonyl (C=O) groups is 1. The zero-order chi connectivity index (χ0) is 16.0. The number of rotatable bonds is 8. The van der Waals surface area contributed by atoms with Gasteiger partial charge in [0.2, 0.25) is 10.0 Å². The highest BCUT2D eigenvalue weighted by Crippen LogP contribution is 2.11. The number of carboxylic acid groups (broad SMARTS) is 1. The highest BCUT2D eigenvalue weighted by molar-refractivity contribution is 7.88. The van der Waals surface area contributed by atoms with Gasteiger partial charge in [-0.25, -0.2) is 17.5 Å². The highest BCUT2D eigenvalue weighted by atomic mass is 32.2. The molecule has 0 saturated carbocycles. The van der Waals surface area contributed by atoms with Gasteiger partial charge in [0.15, 0.2) is 0 Å². The lowest BCUT2D eigenvalue weighted by Gasteiger charge is -2.20. The molecule has 2 N–H and O–H groups in total. The summed E-state index contributed by atoms with van der Waals surface area (Å²) in [7, 11) is -0.796. The lowest BCUT2D eigenvalue weighted by atomic mass is 10.1. The van der Waals surface area contributed by atoms with Crippen LogP contribution < -0.4 is 0 Å². The zero-order valence-corrected chi connectivity index (χ0v) is 12.7. The number of sulfonamides is 1. The summed E-state index contributed by atoms with van der Waals surface area (Å²) in [6.07, 6.45) is -0.899. The molecular formula is C13H19NO6S. The molecule has 0 aliphatic carbocycles. The van der Waals surface area contributed by atoms with Crippen molar-refractivity contribution >= 4 is 16.0 Å². The first-order valence-electron chi connectivity index (χ1n) is 6.19. The maximum absolute atomic E-state index is 12.1. The van der Waals surface area contributed by atoms with E-state index >= 15 is 0 Å². The Morgan fingerprint density at radius 3 is 2.38 bits per heavy atom. The SMILES string of the molecule is COCC(O)CN(C)S(=O)(=O)Cc1ccc(C(=O)O)cc1. The molecule has 0 aromatic heterocycles. The number of methoxy groups -OCH3 is 1. The van der Waals surface area contributed by atoms with Gasteiger partial charge in [0.05, 0.1) is 24.0 Å². The Hall–Kier alpha value is -1.48. The van der Waals surface area contributed by atoms with Crippen molar-refractivity contribution in [1.29, 1.82) is 0 Å². The molecule has 0 aliphatic rings. The maximum atomic E-state index is 12.1. The summed E-state index contributed by atoms with van der Waals surface area (Å²) in [5.41, 5.74) is 0.577. The van der Waals surface area contributed by atoms with Gasteiger partial charge in [-0.15, -0.1) is 0 Å². The summed E-state index contributed by atoms with van der Waals surface area (Å²) in [5, 5.41) is 18.3. The van der Waals surface area contributed by atoms with Gasteiger partial charge in [-0.05, 0) is 17.7 Å². The molecule has 0 radical (unpaired) electrons. The van der Waals surface area contributed by atoms with Crippen molar-refractivity contribution in [2.24, 2.45) is 0 Å². The van der Waals surface area contributed by atoms with Crippen molar-refractivity contribution in [3.8, 4) is 0 Å². The van der Waals surface area contributed by atoms with E-state index < -0.39 is 22.1 Å². The first-order chi connectivity index (χ1) is 9.76. The Bertz CT molecular complexity index is 569. The summed E-state index contributed by atoms with van der Waals surface area (Å²) in [6.45, 7) is -0.0173. The average molecular weight is 317 g/mol. The molecule has 7 nitrogen and oxygen atoms in total. The van der Waals surface area contributed by atoms with Crippen molar-refractivity contribution in [3.05, 3.63) is 35.4 Å². The van der Waals surface area contributed by atoms with Gasteiger partial charge in [0, 0.05) is 20.7 Å². The van der Waals surface area contributed by atoms with E-state index in [0.29, 0.717) is 5.56 Å². The lowest BCUT2D eigenvalue weighted by molar-refractivity contribution is 0.0554. The van der Waals surface area contributed by atoms with Crippen LogP contribution in [0.25, 0.3) is 0 Å². The van der Waals surface area contributed by atoms with Crippen LogP contribution in [-0.4, -0.2) is 62.3 Å². The third kappa shape index (κ3) is 5.43. The van der Waals surface area contributed by atoms with Crippen LogP contribution in [0.4, 0.5) is 0 Å². The standard InChI is InChI=1S/C13H19NO6S/c1-14(7-12(15)8-20-2)21(18,19)9-10-3-5-11(6-4-10)13(16)17/h3-6,12,15H,7-9H2,1-2H3,(H,16,17). The van der Waals surface area contributed by atoms with Crippen LogP contribution >= 0.6 is 0 Å². The summed E-state index contributed by atoms with van der Waals surface area (Å²) in [5.74, 6) is -1.33. The summed E-state index contributed by atoms with van der Waals surface area (Å²) in [4.78, 5) is 10.7. The van der Waals surface area contributed by atoms with Crippen LogP contribution in [0.1, 0.15) is 15.9 Å². The molecule has 1 atom stereocenters. The van der Waals surface area contributed by atoms with E-state index in [4.69, 9.17) is 9.84 Å². The minimum Gasteiger partial charge on any atom is -0.478 e. The number of benzene rings is 1. The highest BCUT2D eigenvalue weighted by Gasteiger charge is 2.21. The van der Waals surface area contributed by atoms with Crippen LogP contribution in [0.3, 0.4) is 0 Å². The number of carboxylic acids is 1. The molecule has 0 amide bonds. The predicted molar refractivity (Wildman–Crippen MR) is 76.5 cm³/mol. The number of hydrogen-bond acceptors (Lipinski definition) is 5. The third-order valence-corrected chi connectivity index (χ3v) is 4.65. The Balaban J connectivity index is 2.73. The van der Waals surface area contributed by atoms with Crippen molar-refractivity contribution in [2.45, 2.75) is 11.9 Å². The van der Waals surface area contributed by atoms with Crippen LogP contribution in [0.2, 0.25) is 0 Å². The van der Waals surface area contributed by atoms with Crippen molar-refractivity contribution in [2.75, 3.05) is 27.3 Å². The first-order valence-corrected chi connectivity index (χ1v) is 7.80. The Morgan fingerprint density at radius 2 is 1.90 bits per heavy atom. The second kappa shape index (κ2) is 7.51. The monoisotopic (exact) mass is 317 g/mol. The van der Waals surface area contributed by atoms with Crippen molar-refractivity contribution < 1.29 is 28.2 Å². The summed E-state index contributed by atoms with van der Waals surface area (Å²) < 4.78 is 30.0. The van der Waals surface area contributed by atoms with E-state index in [2.05, 4.69) is 0 Å². The Morgan fingerprint density at radius 1 is 1.33 bits per heavy atom. The molecule has 118 valence electrons. The van der Waals surface area contributed by atoms with Crippen LogP contribution in [0.15, 0.2) is 24.3 Å². The van der Waals surface area contributed by atoms with Crippen molar-refractivity contribution in [3.63, 3.8) is 0 Å². The second-order valence-corrected chi connectivity index (χ2v) is 6.72. The van der Waals surface area contributed by atoms with Crippen LogP contribution in [-0.2, 0) is 20.5 Å². The molecule has 1 rings (SSSR count). The van der Waals surface area contributed by atoms with Crippen molar-refractivity contribution in [1.82, 2.24) is 4.31 Å². The Kier molecular flexibility index (Phi) is 6.28. The van der Waals surface area contributed by atoms with Gasteiger partial charge in [-0.3, -0.25) is 0 Å². The fourth-order valence-corrected chi connectivity index (χ4v) is 2.95. The molecule has 0 spiro atoms. The van der Waals surface area contributed by atoms with E-state index in [0.717, 1.165) is 4.31 Å². The van der Waals surface area contributed by atoms with E-state index in [1.165, 1.54) is 38.4 Å². The molecule has 0 aliphatic heterocycles. The number of ether oxygens (including phenoxy) is 1. The number of nitrogens with zero attached hydrogens (tertiary/aromatic N) is 1.